The van der Waals surface area contributed by atoms with Gasteiger partial charge in [0.05, 0.1) is 0 Å². The molecule has 0 aromatic heterocycles. The van der Waals surface area contributed by atoms with Crippen molar-refractivity contribution < 1.29 is 19.2 Å². The number of rotatable bonds is 4. The minimum absolute atomic E-state index is 0.0884. The summed E-state index contributed by atoms with van der Waals surface area (Å²) in [4.78, 5) is 52.5. The molecule has 160 valence electrons. The minimum atomic E-state index is -1.13. The summed E-state index contributed by atoms with van der Waals surface area (Å²) < 4.78 is 0. The SMILES string of the molecule is CC1(c2ccc(C(=O)N3CCN(C(=O)CC4CCCC4)CC3)cc2)NC(=O)NC1=O. The van der Waals surface area contributed by atoms with E-state index in [-0.39, 0.29) is 11.8 Å². The van der Waals surface area contributed by atoms with Crippen LogP contribution in [-0.2, 0) is 15.1 Å². The molecule has 1 unspecified atom stereocenters. The third-order valence-electron chi connectivity index (χ3n) is 6.61. The maximum atomic E-state index is 12.9. The van der Waals surface area contributed by atoms with Crippen LogP contribution in [0.1, 0.15) is 54.9 Å². The Labute approximate surface area is 176 Å². The lowest BCUT2D eigenvalue weighted by Crippen LogP contribution is -2.50. The number of benzene rings is 1. The molecule has 1 aromatic carbocycles. The monoisotopic (exact) mass is 412 g/mol. The highest BCUT2D eigenvalue weighted by Gasteiger charge is 2.43. The maximum Gasteiger partial charge on any atom is 0.322 e. The van der Waals surface area contributed by atoms with E-state index in [1.807, 2.05) is 4.90 Å². The Balaban J connectivity index is 1.33. The van der Waals surface area contributed by atoms with Crippen molar-refractivity contribution in [3.05, 3.63) is 35.4 Å². The van der Waals surface area contributed by atoms with Crippen LogP contribution in [0.15, 0.2) is 24.3 Å². The van der Waals surface area contributed by atoms with Gasteiger partial charge in [0.15, 0.2) is 0 Å². The summed E-state index contributed by atoms with van der Waals surface area (Å²) in [5, 5.41) is 4.85. The van der Waals surface area contributed by atoms with Crippen LogP contribution in [0, 0.1) is 5.92 Å². The molecule has 1 aromatic rings. The van der Waals surface area contributed by atoms with E-state index in [9.17, 15) is 19.2 Å². The highest BCUT2D eigenvalue weighted by atomic mass is 16.2. The molecular formula is C22H28N4O4. The van der Waals surface area contributed by atoms with Crippen molar-refractivity contribution in [2.24, 2.45) is 5.92 Å². The standard InChI is InChI=1S/C22H28N4O4/c1-22(20(29)23-21(30)24-22)17-8-6-16(7-9-17)19(28)26-12-10-25(11-13-26)18(27)14-15-4-2-3-5-15/h6-9,15H,2-5,10-14H2,1H3,(H2,23,24,29,30). The van der Waals surface area contributed by atoms with E-state index in [2.05, 4.69) is 10.6 Å². The lowest BCUT2D eigenvalue weighted by atomic mass is 9.91. The van der Waals surface area contributed by atoms with Gasteiger partial charge in [-0.15, -0.1) is 0 Å². The number of imide groups is 1. The van der Waals surface area contributed by atoms with Crippen LogP contribution < -0.4 is 10.6 Å². The van der Waals surface area contributed by atoms with E-state index < -0.39 is 17.5 Å². The van der Waals surface area contributed by atoms with Crippen molar-refractivity contribution >= 4 is 23.8 Å². The molecule has 0 spiro atoms. The zero-order chi connectivity index (χ0) is 21.3. The van der Waals surface area contributed by atoms with Gasteiger partial charge < -0.3 is 15.1 Å². The molecule has 1 atom stereocenters. The fraction of sp³-hybridized carbons (Fsp3) is 0.545. The summed E-state index contributed by atoms with van der Waals surface area (Å²) in [6.07, 6.45) is 5.41. The molecule has 3 fully saturated rings. The zero-order valence-electron chi connectivity index (χ0n) is 17.3. The van der Waals surface area contributed by atoms with Crippen LogP contribution in [0.2, 0.25) is 0 Å². The second kappa shape index (κ2) is 8.08. The summed E-state index contributed by atoms with van der Waals surface area (Å²) in [6, 6.07) is 6.22. The Morgan fingerprint density at radius 2 is 1.60 bits per heavy atom. The van der Waals surface area contributed by atoms with Crippen LogP contribution in [0.3, 0.4) is 0 Å². The van der Waals surface area contributed by atoms with Crippen molar-refractivity contribution in [2.75, 3.05) is 26.2 Å². The highest BCUT2D eigenvalue weighted by molar-refractivity contribution is 6.07. The average Bonchev–Trinajstić information content (AvgIpc) is 3.35. The number of hydrogen-bond donors (Lipinski definition) is 2. The lowest BCUT2D eigenvalue weighted by Gasteiger charge is -2.35. The molecule has 8 nitrogen and oxygen atoms in total. The normalized spacial score (nSPS) is 24.7. The van der Waals surface area contributed by atoms with E-state index >= 15 is 0 Å². The molecule has 1 saturated carbocycles. The van der Waals surface area contributed by atoms with E-state index in [0.717, 1.165) is 12.8 Å². The molecule has 2 N–H and O–H groups in total. The van der Waals surface area contributed by atoms with E-state index in [1.54, 1.807) is 36.1 Å². The molecule has 1 aliphatic carbocycles. The van der Waals surface area contributed by atoms with Gasteiger partial charge in [0, 0.05) is 38.2 Å². The van der Waals surface area contributed by atoms with Crippen LogP contribution in [-0.4, -0.2) is 59.7 Å². The zero-order valence-corrected chi connectivity index (χ0v) is 17.3. The van der Waals surface area contributed by atoms with E-state index in [0.29, 0.717) is 49.6 Å². The molecular weight excluding hydrogens is 384 g/mol. The summed E-state index contributed by atoms with van der Waals surface area (Å²) in [5.74, 6) is 0.243. The number of carbonyl (C=O) groups excluding carboxylic acids is 4. The summed E-state index contributed by atoms with van der Waals surface area (Å²) in [6.45, 7) is 3.81. The number of nitrogens with zero attached hydrogens (tertiary/aromatic N) is 2. The number of piperazine rings is 1. The molecule has 2 heterocycles. The van der Waals surface area contributed by atoms with E-state index in [1.165, 1.54) is 12.8 Å². The van der Waals surface area contributed by atoms with Gasteiger partial charge in [0.2, 0.25) is 5.91 Å². The van der Waals surface area contributed by atoms with Gasteiger partial charge in [-0.2, -0.15) is 0 Å². The fourth-order valence-electron chi connectivity index (χ4n) is 4.62. The second-order valence-corrected chi connectivity index (χ2v) is 8.64. The van der Waals surface area contributed by atoms with Crippen LogP contribution in [0.5, 0.6) is 0 Å². The van der Waals surface area contributed by atoms with Gasteiger partial charge in [-0.3, -0.25) is 19.7 Å². The largest absolute Gasteiger partial charge is 0.339 e. The second-order valence-electron chi connectivity index (χ2n) is 8.64. The molecule has 30 heavy (non-hydrogen) atoms. The molecule has 4 rings (SSSR count). The number of amides is 5. The Morgan fingerprint density at radius 1 is 1.00 bits per heavy atom. The van der Waals surface area contributed by atoms with Gasteiger partial charge in [0.25, 0.3) is 11.8 Å². The molecule has 8 heteroatoms. The molecule has 5 amide bonds. The Hall–Kier alpha value is -2.90. The predicted molar refractivity (Wildman–Crippen MR) is 110 cm³/mol. The first-order chi connectivity index (χ1) is 14.4. The van der Waals surface area contributed by atoms with Crippen LogP contribution in [0.25, 0.3) is 0 Å². The van der Waals surface area contributed by atoms with Crippen molar-refractivity contribution in [3.63, 3.8) is 0 Å². The van der Waals surface area contributed by atoms with Gasteiger partial charge in [-0.05, 0) is 43.4 Å². The van der Waals surface area contributed by atoms with Crippen molar-refractivity contribution in [1.29, 1.82) is 0 Å². The number of hydrogen-bond acceptors (Lipinski definition) is 4. The number of carbonyl (C=O) groups is 4. The third-order valence-corrected chi connectivity index (χ3v) is 6.61. The number of nitrogens with one attached hydrogen (secondary N) is 2. The molecule has 0 radical (unpaired) electrons. The van der Waals surface area contributed by atoms with Crippen LogP contribution in [0.4, 0.5) is 4.79 Å². The van der Waals surface area contributed by atoms with E-state index in [4.69, 9.17) is 0 Å². The molecule has 0 bridgehead atoms. The molecule has 2 saturated heterocycles. The first-order valence-electron chi connectivity index (χ1n) is 10.7. The summed E-state index contributed by atoms with van der Waals surface area (Å²) >= 11 is 0. The highest BCUT2D eigenvalue weighted by Crippen LogP contribution is 2.28. The van der Waals surface area contributed by atoms with Crippen LogP contribution >= 0.6 is 0 Å². The Bertz CT molecular complexity index is 854. The average molecular weight is 412 g/mol. The van der Waals surface area contributed by atoms with Gasteiger partial charge in [-0.1, -0.05) is 25.0 Å². The predicted octanol–water partition coefficient (Wildman–Crippen LogP) is 1.61. The first-order valence-corrected chi connectivity index (χ1v) is 10.7. The van der Waals surface area contributed by atoms with Gasteiger partial charge in [-0.25, -0.2) is 4.79 Å². The van der Waals surface area contributed by atoms with Crippen molar-refractivity contribution in [2.45, 2.75) is 44.6 Å². The molecule has 3 aliphatic rings. The topological polar surface area (TPSA) is 98.8 Å². The third kappa shape index (κ3) is 3.91. The smallest absolute Gasteiger partial charge is 0.322 e. The van der Waals surface area contributed by atoms with Crippen molar-refractivity contribution in [1.82, 2.24) is 20.4 Å². The summed E-state index contributed by atoms with van der Waals surface area (Å²) in [7, 11) is 0. The van der Waals surface area contributed by atoms with Gasteiger partial charge >= 0.3 is 6.03 Å². The fourth-order valence-corrected chi connectivity index (χ4v) is 4.62. The van der Waals surface area contributed by atoms with Crippen molar-refractivity contribution in [3.8, 4) is 0 Å². The first kappa shape index (κ1) is 20.4. The molecule has 2 aliphatic heterocycles. The minimum Gasteiger partial charge on any atom is -0.339 e. The lowest BCUT2D eigenvalue weighted by molar-refractivity contribution is -0.133. The Morgan fingerprint density at radius 3 is 2.17 bits per heavy atom. The van der Waals surface area contributed by atoms with Gasteiger partial charge in [0.1, 0.15) is 5.54 Å². The quantitative estimate of drug-likeness (QED) is 0.734. The number of urea groups is 1. The maximum absolute atomic E-state index is 12.9. The summed E-state index contributed by atoms with van der Waals surface area (Å²) in [5.41, 5.74) is 0.00629. The Kier molecular flexibility index (Phi) is 5.49.